The lowest BCUT2D eigenvalue weighted by atomic mass is 9.96. The molecule has 3 amide bonds. The number of halogens is 3. The summed E-state index contributed by atoms with van der Waals surface area (Å²) in [6.45, 7) is 4.47. The average Bonchev–Trinajstić information content (AvgIpc) is 2.79. The lowest BCUT2D eigenvalue weighted by molar-refractivity contribution is -0.125. The molecule has 0 saturated carbocycles. The van der Waals surface area contributed by atoms with Crippen molar-refractivity contribution >= 4 is 63.9 Å². The first kappa shape index (κ1) is 25.4. The second-order valence-corrected chi connectivity index (χ2v) is 8.58. The van der Waals surface area contributed by atoms with Gasteiger partial charge in [0, 0.05) is 33.4 Å². The minimum absolute atomic E-state index is 0.0134. The van der Waals surface area contributed by atoms with Gasteiger partial charge in [0.05, 0.1) is 11.1 Å². The highest BCUT2D eigenvalue weighted by Crippen LogP contribution is 2.37. The van der Waals surface area contributed by atoms with Crippen LogP contribution in [0.2, 0.25) is 15.1 Å². The number of hydroxylamine groups is 1. The van der Waals surface area contributed by atoms with Crippen LogP contribution in [0, 0.1) is 13.8 Å². The van der Waals surface area contributed by atoms with E-state index in [9.17, 15) is 14.4 Å². The molecule has 10 heteroatoms. The van der Waals surface area contributed by atoms with Crippen LogP contribution in [0.4, 0.5) is 11.4 Å². The van der Waals surface area contributed by atoms with Crippen molar-refractivity contribution in [1.82, 2.24) is 5.48 Å². The van der Waals surface area contributed by atoms with Crippen LogP contribution in [0.25, 0.3) is 0 Å². The Morgan fingerprint density at radius 2 is 1.09 bits per heavy atom. The Morgan fingerprint density at radius 3 is 1.44 bits per heavy atom. The quantitative estimate of drug-likeness (QED) is 0.337. The zero-order valence-electron chi connectivity index (χ0n) is 18.4. The van der Waals surface area contributed by atoms with E-state index in [1.165, 1.54) is 6.92 Å². The zero-order chi connectivity index (χ0) is 25.0. The molecule has 3 rings (SSSR count). The molecule has 3 aromatic rings. The van der Waals surface area contributed by atoms with Crippen LogP contribution < -0.4 is 21.0 Å². The van der Waals surface area contributed by atoms with Gasteiger partial charge in [0.25, 0.3) is 11.8 Å². The summed E-state index contributed by atoms with van der Waals surface area (Å²) in [7, 11) is 0. The third kappa shape index (κ3) is 5.80. The van der Waals surface area contributed by atoms with Gasteiger partial charge in [-0.25, -0.2) is 0 Å². The molecule has 0 aliphatic rings. The summed E-state index contributed by atoms with van der Waals surface area (Å²) in [4.78, 5) is 43.6. The van der Waals surface area contributed by atoms with E-state index >= 15 is 0 Å². The maximum absolute atomic E-state index is 13.3. The van der Waals surface area contributed by atoms with Crippen molar-refractivity contribution in [3.8, 4) is 5.75 Å². The third-order valence-electron chi connectivity index (χ3n) is 4.82. The Hall–Kier alpha value is -3.26. The molecule has 3 N–H and O–H groups in total. The molecule has 176 valence electrons. The number of nitrogens with one attached hydrogen (secondary N) is 3. The summed E-state index contributed by atoms with van der Waals surface area (Å²) in [6, 6.07) is 12.9. The van der Waals surface area contributed by atoms with E-state index < -0.39 is 17.7 Å². The smallest absolute Gasteiger partial charge is 0.259 e. The van der Waals surface area contributed by atoms with Gasteiger partial charge in [-0.15, -0.1) is 0 Å². The largest absolute Gasteiger partial charge is 0.378 e. The first-order chi connectivity index (χ1) is 16.1. The van der Waals surface area contributed by atoms with Crippen LogP contribution >= 0.6 is 34.8 Å². The minimum atomic E-state index is -0.595. The maximum Gasteiger partial charge on any atom is 0.259 e. The van der Waals surface area contributed by atoms with E-state index in [-0.39, 0.29) is 21.9 Å². The van der Waals surface area contributed by atoms with Crippen molar-refractivity contribution in [3.05, 3.63) is 85.9 Å². The van der Waals surface area contributed by atoms with E-state index in [1.807, 2.05) is 0 Å². The van der Waals surface area contributed by atoms with Gasteiger partial charge in [-0.2, -0.15) is 5.48 Å². The molecule has 0 spiro atoms. The number of hydrogen-bond donors (Lipinski definition) is 3. The second-order valence-electron chi connectivity index (χ2n) is 7.33. The van der Waals surface area contributed by atoms with Gasteiger partial charge in [0.1, 0.15) is 0 Å². The van der Waals surface area contributed by atoms with Crippen molar-refractivity contribution in [3.63, 3.8) is 0 Å². The highest BCUT2D eigenvalue weighted by Gasteiger charge is 2.29. The Labute approximate surface area is 211 Å². The number of hydrogen-bond acceptors (Lipinski definition) is 4. The summed E-state index contributed by atoms with van der Waals surface area (Å²) >= 11 is 18.3. The van der Waals surface area contributed by atoms with E-state index in [2.05, 4.69) is 16.1 Å². The fourth-order valence-electron chi connectivity index (χ4n) is 3.19. The van der Waals surface area contributed by atoms with E-state index in [0.29, 0.717) is 32.5 Å². The molecule has 0 aromatic heterocycles. The first-order valence-electron chi connectivity index (χ1n) is 9.98. The average molecular weight is 521 g/mol. The molecule has 7 nitrogen and oxygen atoms in total. The molecule has 34 heavy (non-hydrogen) atoms. The van der Waals surface area contributed by atoms with Gasteiger partial charge in [0.2, 0.25) is 5.91 Å². The summed E-state index contributed by atoms with van der Waals surface area (Å²) < 4.78 is 0. The van der Waals surface area contributed by atoms with E-state index in [0.717, 1.165) is 0 Å². The number of carbonyl (C=O) groups excluding carboxylic acids is 3. The molecule has 0 aliphatic carbocycles. The van der Waals surface area contributed by atoms with Gasteiger partial charge >= 0.3 is 0 Å². The second kappa shape index (κ2) is 10.8. The molecule has 0 fully saturated rings. The summed E-state index contributed by atoms with van der Waals surface area (Å²) in [5.41, 5.74) is 3.83. The summed E-state index contributed by atoms with van der Waals surface area (Å²) in [6.07, 6.45) is 0. The van der Waals surface area contributed by atoms with Crippen LogP contribution in [-0.2, 0) is 4.79 Å². The predicted molar refractivity (Wildman–Crippen MR) is 134 cm³/mol. The van der Waals surface area contributed by atoms with Crippen molar-refractivity contribution in [1.29, 1.82) is 0 Å². The molecular formula is C24H20Cl3N3O4. The zero-order valence-corrected chi connectivity index (χ0v) is 20.7. The van der Waals surface area contributed by atoms with Crippen LogP contribution in [0.5, 0.6) is 5.75 Å². The number of carbonyl (C=O) groups is 3. The number of benzene rings is 3. The highest BCUT2D eigenvalue weighted by molar-refractivity contribution is 6.34. The lowest BCUT2D eigenvalue weighted by Gasteiger charge is -2.20. The number of amides is 3. The fourth-order valence-corrected chi connectivity index (χ4v) is 3.63. The highest BCUT2D eigenvalue weighted by atomic mass is 35.5. The molecule has 0 atom stereocenters. The molecule has 0 radical (unpaired) electrons. The summed E-state index contributed by atoms with van der Waals surface area (Å²) in [5, 5.41) is 6.67. The molecule has 0 aliphatic heterocycles. The van der Waals surface area contributed by atoms with E-state index in [1.54, 1.807) is 62.4 Å². The van der Waals surface area contributed by atoms with Crippen molar-refractivity contribution in [2.24, 2.45) is 0 Å². The molecule has 0 unspecified atom stereocenters. The van der Waals surface area contributed by atoms with Crippen molar-refractivity contribution < 1.29 is 19.2 Å². The van der Waals surface area contributed by atoms with Gasteiger partial charge < -0.3 is 15.5 Å². The fraction of sp³-hybridized carbons (Fsp3) is 0.125. The van der Waals surface area contributed by atoms with Gasteiger partial charge in [-0.3, -0.25) is 14.4 Å². The third-order valence-corrected chi connectivity index (χ3v) is 5.89. The number of anilines is 2. The lowest BCUT2D eigenvalue weighted by Crippen LogP contribution is -2.29. The topological polar surface area (TPSA) is 96.5 Å². The van der Waals surface area contributed by atoms with Crippen LogP contribution in [0.15, 0.2) is 48.5 Å². The molecule has 0 heterocycles. The van der Waals surface area contributed by atoms with Gasteiger partial charge in [0.15, 0.2) is 5.75 Å². The Kier molecular flexibility index (Phi) is 8.04. The normalized spacial score (nSPS) is 10.4. The van der Waals surface area contributed by atoms with Gasteiger partial charge in [-0.05, 0) is 73.5 Å². The monoisotopic (exact) mass is 519 g/mol. The van der Waals surface area contributed by atoms with Crippen molar-refractivity contribution in [2.75, 3.05) is 10.6 Å². The van der Waals surface area contributed by atoms with Crippen LogP contribution in [-0.4, -0.2) is 17.7 Å². The minimum Gasteiger partial charge on any atom is -0.378 e. The van der Waals surface area contributed by atoms with Crippen molar-refractivity contribution in [2.45, 2.75) is 20.8 Å². The van der Waals surface area contributed by atoms with E-state index in [4.69, 9.17) is 39.6 Å². The van der Waals surface area contributed by atoms with Gasteiger partial charge in [-0.1, -0.05) is 34.8 Å². The molecule has 0 saturated heterocycles. The molecule has 0 bridgehead atoms. The predicted octanol–water partition coefficient (Wildman–Crippen LogP) is 6.20. The standard InChI is InChI=1S/C24H20Cl3N3O4/c1-12-19(23(32)28-17-8-4-15(25)5-9-17)22(34-30-14(3)31)20(13(2)21(12)27)24(33)29-18-10-6-16(26)7-11-18/h4-11H,1-3H3,(H,28,32)(H,29,33)(H,30,31). The number of rotatable bonds is 6. The molecular weight excluding hydrogens is 501 g/mol. The Bertz CT molecular complexity index is 1170. The Balaban J connectivity index is 2.11. The Morgan fingerprint density at radius 1 is 0.706 bits per heavy atom. The molecule has 3 aromatic carbocycles. The SMILES string of the molecule is CC(=O)NOc1c(C(=O)Nc2ccc(Cl)cc2)c(C)c(Cl)c(C)c1C(=O)Nc1ccc(Cl)cc1. The van der Waals surface area contributed by atoms with Crippen LogP contribution in [0.3, 0.4) is 0 Å². The first-order valence-corrected chi connectivity index (χ1v) is 11.1. The summed E-state index contributed by atoms with van der Waals surface area (Å²) in [5.74, 6) is -1.86. The van der Waals surface area contributed by atoms with Crippen LogP contribution in [0.1, 0.15) is 38.8 Å². The maximum atomic E-state index is 13.3.